The zero-order chi connectivity index (χ0) is 13.0. The molecule has 0 aliphatic carbocycles. The van der Waals surface area contributed by atoms with Crippen LogP contribution in [0, 0.1) is 5.82 Å². The third-order valence-corrected chi connectivity index (χ3v) is 3.03. The molecule has 0 aliphatic heterocycles. The average Bonchev–Trinajstić information content (AvgIpc) is 2.85. The summed E-state index contributed by atoms with van der Waals surface area (Å²) in [5.74, 6) is 1.44. The Hall–Kier alpha value is -1.32. The minimum Gasteiger partial charge on any atom is -0.460 e. The van der Waals surface area contributed by atoms with Gasteiger partial charge >= 0.3 is 0 Å². The van der Waals surface area contributed by atoms with E-state index in [-0.39, 0.29) is 18.2 Å². The van der Waals surface area contributed by atoms with E-state index in [1.807, 2.05) is 12.1 Å². The molecule has 2 rings (SSSR count). The quantitative estimate of drug-likeness (QED) is 0.880. The van der Waals surface area contributed by atoms with E-state index in [4.69, 9.17) is 4.42 Å². The lowest BCUT2D eigenvalue weighted by Crippen LogP contribution is -2.24. The van der Waals surface area contributed by atoms with Gasteiger partial charge in [0.2, 0.25) is 0 Å². The Morgan fingerprint density at radius 1 is 1.16 bits per heavy atom. The van der Waals surface area contributed by atoms with Crippen molar-refractivity contribution in [2.75, 3.05) is 0 Å². The van der Waals surface area contributed by atoms with Crippen molar-refractivity contribution in [3.05, 3.63) is 48.0 Å². The van der Waals surface area contributed by atoms with E-state index < -0.39 is 0 Å². The molecule has 19 heavy (non-hydrogen) atoms. The molecule has 1 heterocycles. The van der Waals surface area contributed by atoms with Gasteiger partial charge < -0.3 is 9.73 Å². The van der Waals surface area contributed by atoms with Crippen molar-refractivity contribution >= 4 is 12.4 Å². The fourth-order valence-electron chi connectivity index (χ4n) is 1.66. The molecule has 0 radical (unpaired) electrons. The monoisotopic (exact) mass is 283 g/mol. The highest BCUT2D eigenvalue weighted by atomic mass is 35.5. The lowest BCUT2D eigenvalue weighted by atomic mass is 10.2. The fourth-order valence-corrected chi connectivity index (χ4v) is 1.66. The summed E-state index contributed by atoms with van der Waals surface area (Å²) in [5, 5.41) is 3.37. The number of hydrogen-bond acceptors (Lipinski definition) is 2. The number of benzene rings is 1. The van der Waals surface area contributed by atoms with E-state index in [9.17, 15) is 4.39 Å². The number of nitrogens with one attached hydrogen (secondary N) is 1. The largest absolute Gasteiger partial charge is 0.460 e. The van der Waals surface area contributed by atoms with Gasteiger partial charge in [0, 0.05) is 11.6 Å². The fraction of sp³-hybridized carbons (Fsp3) is 0.333. The van der Waals surface area contributed by atoms with Gasteiger partial charge in [0.15, 0.2) is 0 Å². The Morgan fingerprint density at radius 2 is 1.84 bits per heavy atom. The SMILES string of the molecule is CCC(C)NCc1ccc(-c2ccc(F)cc2)o1.Cl. The predicted octanol–water partition coefficient (Wildman–Crippen LogP) is 4.40. The van der Waals surface area contributed by atoms with Gasteiger partial charge in [-0.15, -0.1) is 12.4 Å². The highest BCUT2D eigenvalue weighted by Gasteiger charge is 2.06. The molecule has 1 N–H and O–H groups in total. The molecular formula is C15H19ClFNO. The van der Waals surface area contributed by atoms with E-state index >= 15 is 0 Å². The standard InChI is InChI=1S/C15H18FNO.ClH/c1-3-11(2)17-10-14-8-9-15(18-14)12-4-6-13(16)7-5-12;/h4-9,11,17H,3,10H2,1-2H3;1H. The maximum atomic E-state index is 12.8. The number of rotatable bonds is 5. The van der Waals surface area contributed by atoms with E-state index in [2.05, 4.69) is 19.2 Å². The highest BCUT2D eigenvalue weighted by Crippen LogP contribution is 2.22. The average molecular weight is 284 g/mol. The van der Waals surface area contributed by atoms with Crippen LogP contribution in [0.25, 0.3) is 11.3 Å². The van der Waals surface area contributed by atoms with Crippen LogP contribution in [-0.4, -0.2) is 6.04 Å². The zero-order valence-electron chi connectivity index (χ0n) is 11.2. The van der Waals surface area contributed by atoms with Crippen LogP contribution >= 0.6 is 12.4 Å². The summed E-state index contributed by atoms with van der Waals surface area (Å²) in [5.41, 5.74) is 0.895. The highest BCUT2D eigenvalue weighted by molar-refractivity contribution is 5.85. The van der Waals surface area contributed by atoms with Crippen LogP contribution in [0.4, 0.5) is 4.39 Å². The molecular weight excluding hydrogens is 265 g/mol. The summed E-state index contributed by atoms with van der Waals surface area (Å²) in [6.45, 7) is 5.00. The summed E-state index contributed by atoms with van der Waals surface area (Å²) in [7, 11) is 0. The summed E-state index contributed by atoms with van der Waals surface area (Å²) in [6, 6.07) is 10.7. The number of furan rings is 1. The molecule has 0 fully saturated rings. The maximum Gasteiger partial charge on any atom is 0.134 e. The van der Waals surface area contributed by atoms with Crippen molar-refractivity contribution in [1.82, 2.24) is 5.32 Å². The molecule has 2 nitrogen and oxygen atoms in total. The second-order valence-corrected chi connectivity index (χ2v) is 4.46. The molecule has 4 heteroatoms. The van der Waals surface area contributed by atoms with E-state index in [0.29, 0.717) is 6.04 Å². The lowest BCUT2D eigenvalue weighted by molar-refractivity contribution is 0.456. The summed E-state index contributed by atoms with van der Waals surface area (Å²) in [6.07, 6.45) is 1.09. The van der Waals surface area contributed by atoms with Gasteiger partial charge in [-0.2, -0.15) is 0 Å². The zero-order valence-corrected chi connectivity index (χ0v) is 12.0. The van der Waals surface area contributed by atoms with Crippen LogP contribution in [0.15, 0.2) is 40.8 Å². The minimum absolute atomic E-state index is 0. The molecule has 0 spiro atoms. The van der Waals surface area contributed by atoms with Crippen LogP contribution < -0.4 is 5.32 Å². The summed E-state index contributed by atoms with van der Waals surface area (Å²) < 4.78 is 18.5. The van der Waals surface area contributed by atoms with E-state index in [1.54, 1.807) is 12.1 Å². The minimum atomic E-state index is -0.232. The molecule has 1 aromatic heterocycles. The van der Waals surface area contributed by atoms with Crippen molar-refractivity contribution in [1.29, 1.82) is 0 Å². The molecule has 0 amide bonds. The van der Waals surface area contributed by atoms with Gasteiger partial charge in [-0.3, -0.25) is 0 Å². The second kappa shape index (κ2) is 7.31. The molecule has 0 saturated heterocycles. The first kappa shape index (κ1) is 15.7. The van der Waals surface area contributed by atoms with Crippen molar-refractivity contribution in [3.63, 3.8) is 0 Å². The molecule has 104 valence electrons. The summed E-state index contributed by atoms with van der Waals surface area (Å²) >= 11 is 0. The Balaban J connectivity index is 0.00000180. The predicted molar refractivity (Wildman–Crippen MR) is 77.9 cm³/mol. The van der Waals surface area contributed by atoms with Crippen molar-refractivity contribution in [2.45, 2.75) is 32.9 Å². The van der Waals surface area contributed by atoms with Crippen molar-refractivity contribution < 1.29 is 8.81 Å². The first-order chi connectivity index (χ1) is 8.69. The Bertz CT molecular complexity index is 495. The van der Waals surface area contributed by atoms with Crippen LogP contribution in [0.1, 0.15) is 26.0 Å². The molecule has 0 saturated carbocycles. The second-order valence-electron chi connectivity index (χ2n) is 4.46. The lowest BCUT2D eigenvalue weighted by Gasteiger charge is -2.08. The van der Waals surface area contributed by atoms with Crippen LogP contribution in [0.5, 0.6) is 0 Å². The Morgan fingerprint density at radius 3 is 2.47 bits per heavy atom. The third-order valence-electron chi connectivity index (χ3n) is 3.03. The van der Waals surface area contributed by atoms with E-state index in [0.717, 1.165) is 30.0 Å². The van der Waals surface area contributed by atoms with Crippen molar-refractivity contribution in [3.8, 4) is 11.3 Å². The smallest absolute Gasteiger partial charge is 0.134 e. The van der Waals surface area contributed by atoms with Crippen LogP contribution in [0.3, 0.4) is 0 Å². The van der Waals surface area contributed by atoms with Gasteiger partial charge in [0.05, 0.1) is 6.54 Å². The van der Waals surface area contributed by atoms with E-state index in [1.165, 1.54) is 12.1 Å². The third kappa shape index (κ3) is 4.37. The van der Waals surface area contributed by atoms with Gasteiger partial charge in [-0.1, -0.05) is 6.92 Å². The molecule has 1 atom stereocenters. The number of halogens is 2. The molecule has 0 bridgehead atoms. The Kier molecular flexibility index (Phi) is 6.06. The maximum absolute atomic E-state index is 12.8. The molecule has 1 unspecified atom stereocenters. The van der Waals surface area contributed by atoms with Crippen molar-refractivity contribution in [2.24, 2.45) is 0 Å². The number of hydrogen-bond donors (Lipinski definition) is 1. The van der Waals surface area contributed by atoms with Crippen LogP contribution in [0.2, 0.25) is 0 Å². The van der Waals surface area contributed by atoms with Gasteiger partial charge in [0.1, 0.15) is 17.3 Å². The normalized spacial score (nSPS) is 11.9. The molecule has 1 aromatic carbocycles. The first-order valence-electron chi connectivity index (χ1n) is 6.27. The van der Waals surface area contributed by atoms with Gasteiger partial charge in [-0.05, 0) is 49.7 Å². The Labute approximate surface area is 119 Å². The van der Waals surface area contributed by atoms with Crippen LogP contribution in [-0.2, 0) is 6.54 Å². The topological polar surface area (TPSA) is 25.2 Å². The molecule has 2 aromatic rings. The van der Waals surface area contributed by atoms with Gasteiger partial charge in [0.25, 0.3) is 0 Å². The summed E-state index contributed by atoms with van der Waals surface area (Å²) in [4.78, 5) is 0. The molecule has 0 aliphatic rings. The van der Waals surface area contributed by atoms with Gasteiger partial charge in [-0.25, -0.2) is 4.39 Å². The first-order valence-corrected chi connectivity index (χ1v) is 6.27.